The summed E-state index contributed by atoms with van der Waals surface area (Å²) < 4.78 is 15.9. The van der Waals surface area contributed by atoms with Crippen molar-refractivity contribution in [2.75, 3.05) is 19.5 Å². The van der Waals surface area contributed by atoms with Crippen LogP contribution in [0.25, 0.3) is 11.0 Å². The number of hydrogen-bond donors (Lipinski definition) is 1. The number of para-hydroxylation sites is 1. The summed E-state index contributed by atoms with van der Waals surface area (Å²) in [5.74, 6) is 0.583. The largest absolute Gasteiger partial charge is 0.481 e. The fourth-order valence-corrected chi connectivity index (χ4v) is 2.36. The van der Waals surface area contributed by atoms with Crippen LogP contribution >= 0.6 is 0 Å². The third kappa shape index (κ3) is 2.70. The van der Waals surface area contributed by atoms with Gasteiger partial charge in [-0.05, 0) is 19.1 Å². The topological polar surface area (TPSA) is 73.6 Å². The molecule has 0 saturated carbocycles. The Balaban J connectivity index is 1.93. The van der Waals surface area contributed by atoms with Gasteiger partial charge in [0.25, 0.3) is 5.91 Å². The molecule has 0 unspecified atom stereocenters. The molecule has 6 nitrogen and oxygen atoms in total. The van der Waals surface area contributed by atoms with Crippen LogP contribution in [0.2, 0.25) is 0 Å². The average molecular weight is 312 g/mol. The minimum Gasteiger partial charge on any atom is -0.481 e. The van der Waals surface area contributed by atoms with E-state index >= 15 is 0 Å². The van der Waals surface area contributed by atoms with E-state index in [0.717, 1.165) is 10.9 Å². The molecule has 0 fully saturated rings. The van der Waals surface area contributed by atoms with Crippen LogP contribution in [0.4, 0.5) is 5.69 Å². The van der Waals surface area contributed by atoms with Gasteiger partial charge in [0.05, 0.1) is 14.2 Å². The fourth-order valence-electron chi connectivity index (χ4n) is 2.36. The van der Waals surface area contributed by atoms with Gasteiger partial charge in [-0.2, -0.15) is 4.98 Å². The number of anilines is 1. The minimum atomic E-state index is -0.357. The van der Waals surface area contributed by atoms with Crippen molar-refractivity contribution in [2.24, 2.45) is 0 Å². The number of hydrogen-bond acceptors (Lipinski definition) is 5. The molecular weight excluding hydrogens is 296 g/mol. The second-order valence-corrected chi connectivity index (χ2v) is 4.92. The Labute approximate surface area is 133 Å². The first-order valence-corrected chi connectivity index (χ1v) is 7.02. The average Bonchev–Trinajstić information content (AvgIpc) is 2.92. The molecule has 6 heteroatoms. The quantitative estimate of drug-likeness (QED) is 0.799. The van der Waals surface area contributed by atoms with Crippen LogP contribution in [0.15, 0.2) is 40.8 Å². The van der Waals surface area contributed by atoms with Crippen LogP contribution in [0.1, 0.15) is 16.1 Å². The van der Waals surface area contributed by atoms with Crippen molar-refractivity contribution in [3.63, 3.8) is 0 Å². The van der Waals surface area contributed by atoms with Crippen LogP contribution in [0, 0.1) is 6.92 Å². The van der Waals surface area contributed by atoms with Crippen molar-refractivity contribution in [3.05, 3.63) is 47.7 Å². The standard InChI is InChI=1S/C17H16N2O4/c1-10-11-6-4-5-7-13(11)23-15(10)16(20)18-12-8-9-14(21-2)19-17(12)22-3/h4-9H,1-3H3,(H,18,20). The van der Waals surface area contributed by atoms with Gasteiger partial charge in [-0.3, -0.25) is 4.79 Å². The number of carbonyl (C=O) groups is 1. The van der Waals surface area contributed by atoms with Gasteiger partial charge < -0.3 is 19.2 Å². The monoisotopic (exact) mass is 312 g/mol. The van der Waals surface area contributed by atoms with Gasteiger partial charge in [0.1, 0.15) is 11.3 Å². The zero-order chi connectivity index (χ0) is 16.4. The van der Waals surface area contributed by atoms with Crippen LogP contribution in [-0.4, -0.2) is 25.1 Å². The Morgan fingerprint density at radius 2 is 1.91 bits per heavy atom. The number of nitrogens with one attached hydrogen (secondary N) is 1. The molecule has 0 aliphatic rings. The van der Waals surface area contributed by atoms with Gasteiger partial charge in [0.2, 0.25) is 11.8 Å². The third-order valence-electron chi connectivity index (χ3n) is 3.54. The maximum Gasteiger partial charge on any atom is 0.291 e. The van der Waals surface area contributed by atoms with Crippen molar-refractivity contribution >= 4 is 22.6 Å². The summed E-state index contributed by atoms with van der Waals surface area (Å²) in [4.78, 5) is 16.6. The first-order valence-electron chi connectivity index (χ1n) is 7.02. The van der Waals surface area contributed by atoms with Crippen LogP contribution in [0.3, 0.4) is 0 Å². The van der Waals surface area contributed by atoms with E-state index in [9.17, 15) is 4.79 Å². The van der Waals surface area contributed by atoms with Crippen molar-refractivity contribution < 1.29 is 18.7 Å². The lowest BCUT2D eigenvalue weighted by Crippen LogP contribution is -2.13. The van der Waals surface area contributed by atoms with Gasteiger partial charge in [0.15, 0.2) is 5.76 Å². The predicted octanol–water partition coefficient (Wildman–Crippen LogP) is 3.41. The van der Waals surface area contributed by atoms with Crippen LogP contribution in [0.5, 0.6) is 11.8 Å². The Hall–Kier alpha value is -3.02. The number of furan rings is 1. The van der Waals surface area contributed by atoms with Gasteiger partial charge in [0, 0.05) is 17.0 Å². The lowest BCUT2D eigenvalue weighted by atomic mass is 10.1. The highest BCUT2D eigenvalue weighted by atomic mass is 16.5. The molecule has 23 heavy (non-hydrogen) atoms. The highest BCUT2D eigenvalue weighted by Gasteiger charge is 2.19. The Morgan fingerprint density at radius 1 is 1.13 bits per heavy atom. The molecule has 0 radical (unpaired) electrons. The first-order chi connectivity index (χ1) is 11.1. The number of ether oxygens (including phenoxy) is 2. The fraction of sp³-hybridized carbons (Fsp3) is 0.176. The predicted molar refractivity (Wildman–Crippen MR) is 86.2 cm³/mol. The highest BCUT2D eigenvalue weighted by molar-refractivity contribution is 6.06. The number of methoxy groups -OCH3 is 2. The van der Waals surface area contributed by atoms with Crippen LogP contribution in [-0.2, 0) is 0 Å². The van der Waals surface area contributed by atoms with Crippen LogP contribution < -0.4 is 14.8 Å². The lowest BCUT2D eigenvalue weighted by Gasteiger charge is -2.09. The number of nitrogens with zero attached hydrogens (tertiary/aromatic N) is 1. The Morgan fingerprint density at radius 3 is 2.61 bits per heavy atom. The molecule has 1 amide bonds. The molecule has 0 spiro atoms. The third-order valence-corrected chi connectivity index (χ3v) is 3.54. The highest BCUT2D eigenvalue weighted by Crippen LogP contribution is 2.28. The summed E-state index contributed by atoms with van der Waals surface area (Å²) in [7, 11) is 2.99. The number of fused-ring (bicyclic) bond motifs is 1. The summed E-state index contributed by atoms with van der Waals surface area (Å²) in [6, 6.07) is 10.8. The molecule has 0 aliphatic carbocycles. The molecule has 118 valence electrons. The van der Waals surface area contributed by atoms with Gasteiger partial charge in [-0.1, -0.05) is 18.2 Å². The number of rotatable bonds is 4. The maximum absolute atomic E-state index is 12.5. The second kappa shape index (κ2) is 6.00. The number of carbonyl (C=O) groups excluding carboxylic acids is 1. The van der Waals surface area contributed by atoms with E-state index in [2.05, 4.69) is 10.3 Å². The summed E-state index contributed by atoms with van der Waals surface area (Å²) in [5, 5.41) is 3.67. The number of aryl methyl sites for hydroxylation is 1. The van der Waals surface area contributed by atoms with E-state index < -0.39 is 0 Å². The summed E-state index contributed by atoms with van der Waals surface area (Å²) >= 11 is 0. The van der Waals surface area contributed by atoms with E-state index in [1.165, 1.54) is 14.2 Å². The summed E-state index contributed by atoms with van der Waals surface area (Å²) in [5.41, 5.74) is 1.91. The van der Waals surface area contributed by atoms with Gasteiger partial charge in [-0.15, -0.1) is 0 Å². The normalized spacial score (nSPS) is 10.6. The molecule has 3 aromatic rings. The van der Waals surface area contributed by atoms with E-state index in [1.54, 1.807) is 12.1 Å². The number of benzene rings is 1. The molecule has 0 bridgehead atoms. The van der Waals surface area contributed by atoms with E-state index in [1.807, 2.05) is 31.2 Å². The molecule has 0 atom stereocenters. The molecule has 0 saturated heterocycles. The smallest absolute Gasteiger partial charge is 0.291 e. The van der Waals surface area contributed by atoms with Crippen molar-refractivity contribution in [1.29, 1.82) is 0 Å². The molecule has 1 N–H and O–H groups in total. The SMILES string of the molecule is COc1ccc(NC(=O)c2oc3ccccc3c2C)c(OC)n1. The van der Waals surface area contributed by atoms with E-state index in [4.69, 9.17) is 13.9 Å². The van der Waals surface area contributed by atoms with Crippen molar-refractivity contribution in [3.8, 4) is 11.8 Å². The zero-order valence-corrected chi connectivity index (χ0v) is 13.0. The lowest BCUT2D eigenvalue weighted by molar-refractivity contribution is 0.0997. The molecule has 2 aromatic heterocycles. The van der Waals surface area contributed by atoms with Crippen molar-refractivity contribution in [1.82, 2.24) is 4.98 Å². The summed E-state index contributed by atoms with van der Waals surface area (Å²) in [6.45, 7) is 1.85. The number of amides is 1. The molecule has 0 aliphatic heterocycles. The number of pyridine rings is 1. The Kier molecular flexibility index (Phi) is 3.89. The Bertz CT molecular complexity index is 870. The van der Waals surface area contributed by atoms with E-state index in [-0.39, 0.29) is 17.5 Å². The van der Waals surface area contributed by atoms with E-state index in [0.29, 0.717) is 17.2 Å². The molecular formula is C17H16N2O4. The number of aromatic nitrogens is 1. The maximum atomic E-state index is 12.5. The summed E-state index contributed by atoms with van der Waals surface area (Å²) in [6.07, 6.45) is 0. The minimum absolute atomic E-state index is 0.268. The second-order valence-electron chi connectivity index (χ2n) is 4.92. The molecule has 2 heterocycles. The van der Waals surface area contributed by atoms with Gasteiger partial charge in [-0.25, -0.2) is 0 Å². The van der Waals surface area contributed by atoms with Crippen molar-refractivity contribution in [2.45, 2.75) is 6.92 Å². The zero-order valence-electron chi connectivity index (χ0n) is 13.0. The molecule has 1 aromatic carbocycles. The molecule has 3 rings (SSSR count). The first kappa shape index (κ1) is 14.9. The van der Waals surface area contributed by atoms with Gasteiger partial charge >= 0.3 is 0 Å².